The van der Waals surface area contributed by atoms with Gasteiger partial charge in [-0.3, -0.25) is 9.20 Å². The fraction of sp³-hybridized carbons (Fsp3) is 0.188. The average molecular weight is 448 g/mol. The van der Waals surface area contributed by atoms with Gasteiger partial charge in [-0.05, 0) is 23.8 Å². The van der Waals surface area contributed by atoms with Gasteiger partial charge in [0.15, 0.2) is 11.5 Å². The number of nitrogens with one attached hydrogen (secondary N) is 1. The molecule has 0 fully saturated rings. The second-order valence-electron chi connectivity index (χ2n) is 5.46. The molecule has 26 heavy (non-hydrogen) atoms. The topological polar surface area (TPSA) is 59.3 Å². The van der Waals surface area contributed by atoms with Crippen LogP contribution in [0.25, 0.3) is 5.65 Å². The number of alkyl halides is 3. The van der Waals surface area contributed by atoms with Gasteiger partial charge in [0.2, 0.25) is 5.91 Å². The summed E-state index contributed by atoms with van der Waals surface area (Å²) in [6.45, 7) is -0.0752. The molecule has 3 aromatic rings. The number of rotatable bonds is 4. The molecule has 136 valence electrons. The van der Waals surface area contributed by atoms with Crippen molar-refractivity contribution in [3.63, 3.8) is 0 Å². The highest BCUT2D eigenvalue weighted by Gasteiger charge is 2.32. The van der Waals surface area contributed by atoms with Crippen molar-refractivity contribution in [3.05, 3.63) is 63.0 Å². The van der Waals surface area contributed by atoms with E-state index in [0.717, 1.165) is 26.7 Å². The van der Waals surface area contributed by atoms with E-state index in [1.165, 1.54) is 0 Å². The molecule has 1 aromatic carbocycles. The van der Waals surface area contributed by atoms with Crippen molar-refractivity contribution in [2.75, 3.05) is 0 Å². The van der Waals surface area contributed by atoms with Gasteiger partial charge in [-0.25, -0.2) is 0 Å². The molecule has 0 aliphatic carbocycles. The number of pyridine rings is 1. The van der Waals surface area contributed by atoms with Gasteiger partial charge in [0.25, 0.3) is 0 Å². The van der Waals surface area contributed by atoms with E-state index in [1.54, 1.807) is 12.1 Å². The van der Waals surface area contributed by atoms with Gasteiger partial charge in [0, 0.05) is 10.7 Å². The van der Waals surface area contributed by atoms with E-state index in [0.29, 0.717) is 0 Å². The Kier molecular flexibility index (Phi) is 5.19. The molecule has 0 aliphatic rings. The maximum atomic E-state index is 12.9. The minimum Gasteiger partial charge on any atom is -0.348 e. The SMILES string of the molecule is O=C(Cc1ccc(Br)cc1)NCc1nnc2c(Cl)cc(C(F)(F)F)cn12. The highest BCUT2D eigenvalue weighted by Crippen LogP contribution is 2.32. The molecular formula is C16H11BrClF3N4O. The number of aromatic nitrogens is 3. The molecule has 0 radical (unpaired) electrons. The fourth-order valence-corrected chi connectivity index (χ4v) is 2.81. The Hall–Kier alpha value is -2.13. The van der Waals surface area contributed by atoms with Gasteiger partial charge >= 0.3 is 6.18 Å². The molecule has 1 N–H and O–H groups in total. The monoisotopic (exact) mass is 446 g/mol. The predicted octanol–water partition coefficient (Wildman–Crippen LogP) is 4.02. The number of halogens is 5. The van der Waals surface area contributed by atoms with Crippen LogP contribution >= 0.6 is 27.5 Å². The number of carbonyl (C=O) groups is 1. The molecule has 10 heteroatoms. The zero-order valence-corrected chi connectivity index (χ0v) is 15.4. The zero-order chi connectivity index (χ0) is 18.9. The third-order valence-electron chi connectivity index (χ3n) is 3.58. The van der Waals surface area contributed by atoms with Crippen LogP contribution in [0.1, 0.15) is 17.0 Å². The van der Waals surface area contributed by atoms with E-state index in [4.69, 9.17) is 11.6 Å². The molecular weight excluding hydrogens is 437 g/mol. The first-order valence-corrected chi connectivity index (χ1v) is 8.52. The van der Waals surface area contributed by atoms with Crippen molar-refractivity contribution in [2.24, 2.45) is 0 Å². The number of fused-ring (bicyclic) bond motifs is 1. The van der Waals surface area contributed by atoms with Crippen molar-refractivity contribution in [3.8, 4) is 0 Å². The summed E-state index contributed by atoms with van der Waals surface area (Å²) in [5.41, 5.74) is -0.0201. The molecule has 0 atom stereocenters. The van der Waals surface area contributed by atoms with Crippen molar-refractivity contribution < 1.29 is 18.0 Å². The summed E-state index contributed by atoms with van der Waals surface area (Å²) < 4.78 is 40.8. The third kappa shape index (κ3) is 4.16. The summed E-state index contributed by atoms with van der Waals surface area (Å²) in [5.74, 6) is -0.140. The van der Waals surface area contributed by atoms with Crippen molar-refractivity contribution >= 4 is 39.1 Å². The van der Waals surface area contributed by atoms with Gasteiger partial charge in [-0.2, -0.15) is 13.2 Å². The molecule has 0 bridgehead atoms. The highest BCUT2D eigenvalue weighted by atomic mass is 79.9. The Morgan fingerprint density at radius 2 is 1.92 bits per heavy atom. The van der Waals surface area contributed by atoms with Crippen LogP contribution in [0.15, 0.2) is 41.0 Å². The Balaban J connectivity index is 1.75. The van der Waals surface area contributed by atoms with Crippen molar-refractivity contribution in [1.29, 1.82) is 0 Å². The fourth-order valence-electron chi connectivity index (χ4n) is 2.30. The van der Waals surface area contributed by atoms with Crippen LogP contribution in [-0.2, 0) is 23.9 Å². The van der Waals surface area contributed by atoms with E-state index in [1.807, 2.05) is 12.1 Å². The summed E-state index contributed by atoms with van der Waals surface area (Å²) in [6.07, 6.45) is -3.56. The number of hydrogen-bond acceptors (Lipinski definition) is 3. The lowest BCUT2D eigenvalue weighted by Gasteiger charge is -2.09. The smallest absolute Gasteiger partial charge is 0.348 e. The van der Waals surface area contributed by atoms with Gasteiger partial charge in [0.05, 0.1) is 23.6 Å². The minimum atomic E-state index is -4.55. The molecule has 0 spiro atoms. The molecule has 0 saturated heterocycles. The first-order chi connectivity index (χ1) is 12.2. The van der Waals surface area contributed by atoms with Crippen LogP contribution in [-0.4, -0.2) is 20.5 Å². The molecule has 0 saturated carbocycles. The van der Waals surface area contributed by atoms with Crippen LogP contribution in [0.2, 0.25) is 5.02 Å². The quantitative estimate of drug-likeness (QED) is 0.657. The van der Waals surface area contributed by atoms with E-state index in [2.05, 4.69) is 31.4 Å². The van der Waals surface area contributed by atoms with Gasteiger partial charge in [-0.1, -0.05) is 39.7 Å². The molecule has 2 aromatic heterocycles. The second-order valence-corrected chi connectivity index (χ2v) is 6.79. The van der Waals surface area contributed by atoms with Crippen LogP contribution in [0, 0.1) is 0 Å². The molecule has 0 aliphatic heterocycles. The average Bonchev–Trinajstić information content (AvgIpc) is 2.98. The predicted molar refractivity (Wildman–Crippen MR) is 92.7 cm³/mol. The molecule has 3 rings (SSSR count). The van der Waals surface area contributed by atoms with Gasteiger partial charge in [-0.15, -0.1) is 10.2 Å². The van der Waals surface area contributed by atoms with E-state index in [9.17, 15) is 18.0 Å². The summed E-state index contributed by atoms with van der Waals surface area (Å²) >= 11 is 9.16. The molecule has 5 nitrogen and oxygen atoms in total. The Bertz CT molecular complexity index is 957. The summed E-state index contributed by atoms with van der Waals surface area (Å²) in [4.78, 5) is 12.0. The normalized spacial score (nSPS) is 11.7. The Morgan fingerprint density at radius 1 is 1.23 bits per heavy atom. The third-order valence-corrected chi connectivity index (χ3v) is 4.39. The maximum Gasteiger partial charge on any atom is 0.417 e. The van der Waals surface area contributed by atoms with Crippen LogP contribution < -0.4 is 5.32 Å². The summed E-state index contributed by atoms with van der Waals surface area (Å²) in [7, 11) is 0. The van der Waals surface area contributed by atoms with Crippen LogP contribution in [0.3, 0.4) is 0 Å². The minimum absolute atomic E-state index is 0.0752. The number of benzene rings is 1. The Morgan fingerprint density at radius 3 is 2.58 bits per heavy atom. The number of hydrogen-bond donors (Lipinski definition) is 1. The largest absolute Gasteiger partial charge is 0.417 e. The lowest BCUT2D eigenvalue weighted by atomic mass is 10.1. The zero-order valence-electron chi connectivity index (χ0n) is 13.0. The maximum absolute atomic E-state index is 12.9. The molecule has 2 heterocycles. The highest BCUT2D eigenvalue weighted by molar-refractivity contribution is 9.10. The first kappa shape index (κ1) is 18.7. The Labute approximate surface area is 159 Å². The number of carbonyl (C=O) groups excluding carboxylic acids is 1. The van der Waals surface area contributed by atoms with E-state index >= 15 is 0 Å². The van der Waals surface area contributed by atoms with Gasteiger partial charge < -0.3 is 5.32 Å². The van der Waals surface area contributed by atoms with Crippen molar-refractivity contribution in [1.82, 2.24) is 19.9 Å². The van der Waals surface area contributed by atoms with Gasteiger partial charge in [0.1, 0.15) is 0 Å². The summed E-state index contributed by atoms with van der Waals surface area (Å²) in [6, 6.07) is 8.02. The lowest BCUT2D eigenvalue weighted by Crippen LogP contribution is -2.25. The second kappa shape index (κ2) is 7.24. The van der Waals surface area contributed by atoms with Crippen LogP contribution in [0.5, 0.6) is 0 Å². The number of amides is 1. The number of nitrogens with zero attached hydrogens (tertiary/aromatic N) is 3. The lowest BCUT2D eigenvalue weighted by molar-refractivity contribution is -0.137. The van der Waals surface area contributed by atoms with Crippen molar-refractivity contribution in [2.45, 2.75) is 19.1 Å². The van der Waals surface area contributed by atoms with E-state index in [-0.39, 0.29) is 35.4 Å². The van der Waals surface area contributed by atoms with E-state index < -0.39 is 11.7 Å². The molecule has 0 unspecified atom stereocenters. The van der Waals surface area contributed by atoms with Crippen LogP contribution in [0.4, 0.5) is 13.2 Å². The standard InChI is InChI=1S/C16H11BrClF3N4O/c17-11-3-1-9(2-4-11)5-14(26)22-7-13-23-24-15-12(18)6-10(8-25(13)15)16(19,20)21/h1-4,6,8H,5,7H2,(H,22,26). The molecule has 1 amide bonds. The first-order valence-electron chi connectivity index (χ1n) is 7.35. The summed E-state index contributed by atoms with van der Waals surface area (Å²) in [5, 5.41) is 10.0.